The number of benzene rings is 2. The fraction of sp³-hybridized carbons (Fsp3) is 0.462. The number of hydrogen-bond donors (Lipinski definition) is 1. The molecular formula is C26H33N3O3S. The van der Waals surface area contributed by atoms with Crippen molar-refractivity contribution < 1.29 is 13.5 Å². The van der Waals surface area contributed by atoms with Gasteiger partial charge in [-0.1, -0.05) is 42.2 Å². The minimum Gasteiger partial charge on any atom is -0.395 e. The Kier molecular flexibility index (Phi) is 7.52. The minimum absolute atomic E-state index is 0.0139. The van der Waals surface area contributed by atoms with Crippen LogP contribution in [0.1, 0.15) is 29.9 Å². The largest absolute Gasteiger partial charge is 0.395 e. The van der Waals surface area contributed by atoms with Gasteiger partial charge in [-0.25, -0.2) is 8.42 Å². The third kappa shape index (κ3) is 5.16. The zero-order valence-corrected chi connectivity index (χ0v) is 20.2. The van der Waals surface area contributed by atoms with Gasteiger partial charge < -0.3 is 5.11 Å². The first kappa shape index (κ1) is 23.9. The van der Waals surface area contributed by atoms with E-state index in [1.807, 2.05) is 37.2 Å². The van der Waals surface area contributed by atoms with Crippen LogP contribution in [0.15, 0.2) is 59.5 Å². The Morgan fingerprint density at radius 2 is 1.73 bits per heavy atom. The van der Waals surface area contributed by atoms with Crippen LogP contribution in [0.4, 0.5) is 0 Å². The van der Waals surface area contributed by atoms with Crippen LogP contribution in [0.2, 0.25) is 0 Å². The molecule has 0 spiro atoms. The molecule has 7 heteroatoms. The second kappa shape index (κ2) is 10.4. The Morgan fingerprint density at radius 1 is 1.03 bits per heavy atom. The highest BCUT2D eigenvalue weighted by molar-refractivity contribution is 7.89. The van der Waals surface area contributed by atoms with Crippen LogP contribution in [0.3, 0.4) is 0 Å². The first-order valence-electron chi connectivity index (χ1n) is 11.6. The summed E-state index contributed by atoms with van der Waals surface area (Å²) in [7, 11) is 0.427. The summed E-state index contributed by atoms with van der Waals surface area (Å²) < 4.78 is 28.3. The van der Waals surface area contributed by atoms with E-state index in [9.17, 15) is 13.5 Å². The highest BCUT2D eigenvalue weighted by Crippen LogP contribution is 2.42. The maximum atomic E-state index is 13.4. The minimum atomic E-state index is -3.56. The number of aliphatic hydroxyl groups is 1. The van der Waals surface area contributed by atoms with Gasteiger partial charge >= 0.3 is 0 Å². The van der Waals surface area contributed by atoms with Gasteiger partial charge in [0, 0.05) is 36.7 Å². The molecule has 0 amide bonds. The van der Waals surface area contributed by atoms with E-state index in [1.165, 1.54) is 0 Å². The van der Waals surface area contributed by atoms with E-state index in [2.05, 4.69) is 28.9 Å². The summed E-state index contributed by atoms with van der Waals surface area (Å²) in [6.07, 6.45) is 1.74. The topological polar surface area (TPSA) is 64.1 Å². The van der Waals surface area contributed by atoms with Crippen molar-refractivity contribution in [2.75, 3.05) is 46.9 Å². The monoisotopic (exact) mass is 467 g/mol. The van der Waals surface area contributed by atoms with Crippen molar-refractivity contribution in [1.29, 1.82) is 0 Å². The Labute approximate surface area is 197 Å². The average molecular weight is 468 g/mol. The van der Waals surface area contributed by atoms with Gasteiger partial charge in [-0.3, -0.25) is 9.80 Å². The van der Waals surface area contributed by atoms with Gasteiger partial charge in [0.25, 0.3) is 0 Å². The Balaban J connectivity index is 1.57. The molecule has 0 radical (unpaired) electrons. The molecule has 176 valence electrons. The maximum Gasteiger partial charge on any atom is 0.243 e. The Morgan fingerprint density at radius 3 is 2.39 bits per heavy atom. The van der Waals surface area contributed by atoms with Crippen LogP contribution in [-0.2, 0) is 10.0 Å². The van der Waals surface area contributed by atoms with E-state index < -0.39 is 10.0 Å². The molecule has 6 nitrogen and oxygen atoms in total. The van der Waals surface area contributed by atoms with Gasteiger partial charge in [0.05, 0.1) is 18.0 Å². The lowest BCUT2D eigenvalue weighted by molar-refractivity contribution is -0.0553. The maximum absolute atomic E-state index is 13.4. The van der Waals surface area contributed by atoms with E-state index in [1.54, 1.807) is 28.6 Å². The second-order valence-corrected chi connectivity index (χ2v) is 11.1. The summed E-state index contributed by atoms with van der Waals surface area (Å²) in [4.78, 5) is 4.66. The fourth-order valence-electron chi connectivity index (χ4n) is 4.96. The van der Waals surface area contributed by atoms with E-state index in [4.69, 9.17) is 0 Å². The van der Waals surface area contributed by atoms with Gasteiger partial charge in [-0.2, -0.15) is 4.31 Å². The average Bonchev–Trinajstić information content (AvgIpc) is 2.79. The first-order valence-corrected chi connectivity index (χ1v) is 13.0. The molecule has 3 atom stereocenters. The van der Waals surface area contributed by atoms with Crippen LogP contribution >= 0.6 is 0 Å². The quantitative estimate of drug-likeness (QED) is 0.684. The highest BCUT2D eigenvalue weighted by Gasteiger charge is 2.50. The summed E-state index contributed by atoms with van der Waals surface area (Å²) in [6.45, 7) is 2.62. The van der Waals surface area contributed by atoms with Crippen molar-refractivity contribution in [3.63, 3.8) is 0 Å². The molecule has 4 rings (SSSR count). The second-order valence-electron chi connectivity index (χ2n) is 9.13. The number of rotatable bonds is 5. The smallest absolute Gasteiger partial charge is 0.243 e. The summed E-state index contributed by atoms with van der Waals surface area (Å²) in [5.74, 6) is 6.42. The van der Waals surface area contributed by atoms with E-state index in [-0.39, 0.29) is 24.6 Å². The number of hydrogen-bond acceptors (Lipinski definition) is 5. The summed E-state index contributed by atoms with van der Waals surface area (Å²) in [5, 5.41) is 10.1. The van der Waals surface area contributed by atoms with Crippen molar-refractivity contribution in [3.05, 3.63) is 65.7 Å². The lowest BCUT2D eigenvalue weighted by Gasteiger charge is -2.57. The van der Waals surface area contributed by atoms with Crippen LogP contribution in [0.5, 0.6) is 0 Å². The molecular weight excluding hydrogens is 434 g/mol. The molecule has 1 N–H and O–H groups in total. The van der Waals surface area contributed by atoms with Crippen molar-refractivity contribution in [2.45, 2.75) is 35.7 Å². The zero-order chi connectivity index (χ0) is 23.4. The first-order chi connectivity index (χ1) is 15.9. The fourth-order valence-corrected chi connectivity index (χ4v) is 6.47. The van der Waals surface area contributed by atoms with Gasteiger partial charge in [-0.15, -0.1) is 0 Å². The molecule has 2 aromatic rings. The number of aliphatic hydroxyl groups excluding tert-OH is 1. The normalized spacial score (nSPS) is 24.2. The predicted octanol–water partition coefficient (Wildman–Crippen LogP) is 2.21. The Bertz CT molecular complexity index is 1090. The van der Waals surface area contributed by atoms with Gasteiger partial charge in [0.15, 0.2) is 0 Å². The third-order valence-electron chi connectivity index (χ3n) is 6.64. The van der Waals surface area contributed by atoms with Crippen molar-refractivity contribution in [1.82, 2.24) is 14.1 Å². The molecule has 2 aliphatic heterocycles. The Hall–Kier alpha value is -2.21. The lowest BCUT2D eigenvalue weighted by Crippen LogP contribution is -2.67. The molecule has 0 saturated carbocycles. The van der Waals surface area contributed by atoms with Crippen LogP contribution in [0, 0.1) is 11.8 Å². The third-order valence-corrected chi connectivity index (χ3v) is 8.52. The van der Waals surface area contributed by atoms with E-state index in [0.717, 1.165) is 30.5 Å². The highest BCUT2D eigenvalue weighted by atomic mass is 32.2. The molecule has 2 fully saturated rings. The van der Waals surface area contributed by atoms with Crippen molar-refractivity contribution in [2.24, 2.45) is 0 Å². The summed E-state index contributed by atoms with van der Waals surface area (Å²) in [6, 6.07) is 17.0. The molecule has 0 unspecified atom stereocenters. The van der Waals surface area contributed by atoms with Crippen molar-refractivity contribution in [3.8, 4) is 11.8 Å². The lowest BCUT2D eigenvalue weighted by atomic mass is 9.74. The SMILES string of the molecule is CN(C)CC#Cc1ccc([C@H]2[C@H](CO)N3CCCCN(S(=O)(=O)c4ccccc4)C[C@@H]23)cc1. The van der Waals surface area contributed by atoms with Gasteiger partial charge in [0.1, 0.15) is 0 Å². The zero-order valence-electron chi connectivity index (χ0n) is 19.4. The van der Waals surface area contributed by atoms with Crippen LogP contribution in [-0.4, -0.2) is 86.6 Å². The van der Waals surface area contributed by atoms with Gasteiger partial charge in [0.2, 0.25) is 10.0 Å². The molecule has 2 aromatic carbocycles. The van der Waals surface area contributed by atoms with E-state index >= 15 is 0 Å². The standard InChI is InChI=1S/C26H33N3O3S/c1-27(2)16-8-9-21-12-14-22(15-13-21)26-24-19-28(17-6-7-18-29(24)25(26)20-30)33(31,32)23-10-4-3-5-11-23/h3-5,10-15,24-26,30H,6-7,16-20H2,1-2H3/t24-,25-,26+/m0/s1. The molecule has 2 aliphatic rings. The summed E-state index contributed by atoms with van der Waals surface area (Å²) in [5.41, 5.74) is 2.09. The van der Waals surface area contributed by atoms with Gasteiger partial charge in [-0.05, 0) is 63.3 Å². The molecule has 0 aromatic heterocycles. The predicted molar refractivity (Wildman–Crippen MR) is 130 cm³/mol. The molecule has 33 heavy (non-hydrogen) atoms. The van der Waals surface area contributed by atoms with Crippen LogP contribution in [0.25, 0.3) is 0 Å². The molecule has 2 saturated heterocycles. The number of sulfonamides is 1. The van der Waals surface area contributed by atoms with Crippen molar-refractivity contribution >= 4 is 10.0 Å². The van der Waals surface area contributed by atoms with Crippen LogP contribution < -0.4 is 0 Å². The summed E-state index contributed by atoms with van der Waals surface area (Å²) >= 11 is 0. The molecule has 0 bridgehead atoms. The number of nitrogens with zero attached hydrogens (tertiary/aromatic N) is 3. The molecule has 0 aliphatic carbocycles. The molecule has 2 heterocycles. The van der Waals surface area contributed by atoms with E-state index in [0.29, 0.717) is 24.5 Å². The number of fused-ring (bicyclic) bond motifs is 1.